The average molecular weight is 270 g/mol. The first kappa shape index (κ1) is 13.7. The van der Waals surface area contributed by atoms with Gasteiger partial charge in [0.05, 0.1) is 0 Å². The Hall–Kier alpha value is -1.28. The maximum atomic E-state index is 6.25. The van der Waals surface area contributed by atoms with Crippen molar-refractivity contribution in [1.29, 1.82) is 0 Å². The van der Waals surface area contributed by atoms with E-state index >= 15 is 0 Å². The fourth-order valence-electron chi connectivity index (χ4n) is 4.17. The van der Waals surface area contributed by atoms with Gasteiger partial charge in [-0.3, -0.25) is 0 Å². The first-order chi connectivity index (χ1) is 9.72. The van der Waals surface area contributed by atoms with Gasteiger partial charge in [-0.15, -0.1) is 0 Å². The van der Waals surface area contributed by atoms with E-state index in [-0.39, 0.29) is 5.41 Å². The van der Waals surface area contributed by atoms with Crippen molar-refractivity contribution in [2.24, 2.45) is 5.73 Å². The highest BCUT2D eigenvalue weighted by atomic mass is 14.7. The maximum Gasteiger partial charge on any atom is 0.0491 e. The normalized spacial score (nSPS) is 18.6. The zero-order chi connectivity index (χ0) is 14.2. The van der Waals surface area contributed by atoms with Crippen LogP contribution in [0.3, 0.4) is 0 Å². The molecule has 20 heavy (non-hydrogen) atoms. The minimum Gasteiger partial charge on any atom is -0.358 e. The number of aromatic amines is 1. The van der Waals surface area contributed by atoms with Gasteiger partial charge < -0.3 is 10.7 Å². The number of benzene rings is 1. The van der Waals surface area contributed by atoms with Gasteiger partial charge in [0.15, 0.2) is 0 Å². The Morgan fingerprint density at radius 3 is 2.60 bits per heavy atom. The second-order valence-electron chi connectivity index (χ2n) is 6.36. The van der Waals surface area contributed by atoms with Gasteiger partial charge in [0.2, 0.25) is 0 Å². The summed E-state index contributed by atoms with van der Waals surface area (Å²) in [6, 6.07) is 6.71. The number of para-hydroxylation sites is 1. The van der Waals surface area contributed by atoms with E-state index in [0.717, 1.165) is 13.0 Å². The minimum atomic E-state index is 0.201. The molecule has 2 nitrogen and oxygen atoms in total. The quantitative estimate of drug-likeness (QED) is 0.862. The van der Waals surface area contributed by atoms with Crippen molar-refractivity contribution in [1.82, 2.24) is 4.98 Å². The lowest BCUT2D eigenvalue weighted by atomic mass is 9.68. The van der Waals surface area contributed by atoms with Crippen LogP contribution in [0, 0.1) is 6.92 Å². The third-order valence-electron chi connectivity index (χ3n) is 5.22. The molecule has 1 aliphatic rings. The lowest BCUT2D eigenvalue weighted by Crippen LogP contribution is -2.37. The number of nitrogens with one attached hydrogen (secondary N) is 1. The monoisotopic (exact) mass is 270 g/mol. The van der Waals surface area contributed by atoms with Crippen molar-refractivity contribution >= 4 is 10.9 Å². The predicted octanol–water partition coefficient (Wildman–Crippen LogP) is 4.20. The summed E-state index contributed by atoms with van der Waals surface area (Å²) >= 11 is 0. The molecule has 1 heterocycles. The zero-order valence-electron chi connectivity index (χ0n) is 12.8. The van der Waals surface area contributed by atoms with Gasteiger partial charge in [0.1, 0.15) is 0 Å². The Kier molecular flexibility index (Phi) is 3.59. The summed E-state index contributed by atoms with van der Waals surface area (Å²) in [5.74, 6) is 0. The first-order valence-corrected chi connectivity index (χ1v) is 8.02. The number of H-pyrrole nitrogens is 1. The van der Waals surface area contributed by atoms with E-state index in [4.69, 9.17) is 5.73 Å². The molecular weight excluding hydrogens is 244 g/mol. The van der Waals surface area contributed by atoms with E-state index in [1.165, 1.54) is 59.8 Å². The molecule has 0 unspecified atom stereocenters. The largest absolute Gasteiger partial charge is 0.358 e. The van der Waals surface area contributed by atoms with Crippen molar-refractivity contribution < 1.29 is 0 Å². The lowest BCUT2D eigenvalue weighted by molar-refractivity contribution is 0.302. The van der Waals surface area contributed by atoms with Crippen molar-refractivity contribution in [3.63, 3.8) is 0 Å². The fraction of sp³-hybridized carbons (Fsp3) is 0.556. The molecule has 0 atom stereocenters. The van der Waals surface area contributed by atoms with E-state index in [1.54, 1.807) is 0 Å². The van der Waals surface area contributed by atoms with Crippen molar-refractivity contribution in [3.8, 4) is 0 Å². The molecule has 2 heteroatoms. The summed E-state index contributed by atoms with van der Waals surface area (Å²) in [5.41, 5.74) is 12.0. The van der Waals surface area contributed by atoms with Gasteiger partial charge in [0.25, 0.3) is 0 Å². The first-order valence-electron chi connectivity index (χ1n) is 8.02. The highest BCUT2D eigenvalue weighted by Crippen LogP contribution is 2.43. The third-order valence-corrected chi connectivity index (χ3v) is 5.22. The molecule has 0 bridgehead atoms. The van der Waals surface area contributed by atoms with Crippen LogP contribution in [0.2, 0.25) is 0 Å². The molecule has 0 spiro atoms. The molecular formula is C18H26N2. The van der Waals surface area contributed by atoms with Gasteiger partial charge in [-0.05, 0) is 37.3 Å². The topological polar surface area (TPSA) is 41.8 Å². The van der Waals surface area contributed by atoms with E-state index in [9.17, 15) is 0 Å². The number of nitrogens with two attached hydrogens (primary N) is 1. The SMILES string of the molecule is CCc1cccc2c(C3(CN)CCCCC3)c(C)[nH]c12. The van der Waals surface area contributed by atoms with Crippen molar-refractivity contribution in [3.05, 3.63) is 35.0 Å². The van der Waals surface area contributed by atoms with Crippen LogP contribution in [0.5, 0.6) is 0 Å². The highest BCUT2D eigenvalue weighted by molar-refractivity contribution is 5.88. The summed E-state index contributed by atoms with van der Waals surface area (Å²) in [6.07, 6.45) is 7.56. The van der Waals surface area contributed by atoms with Crippen LogP contribution in [-0.4, -0.2) is 11.5 Å². The molecule has 0 saturated heterocycles. The van der Waals surface area contributed by atoms with Crippen LogP contribution >= 0.6 is 0 Å². The standard InChI is InChI=1S/C18H26N2/c1-3-14-8-7-9-15-16(13(2)20-17(14)15)18(12-19)10-5-4-6-11-18/h7-9,20H,3-6,10-12,19H2,1-2H3. The fourth-order valence-corrected chi connectivity index (χ4v) is 4.17. The summed E-state index contributed by atoms with van der Waals surface area (Å²) in [4.78, 5) is 3.65. The second-order valence-corrected chi connectivity index (χ2v) is 6.36. The Morgan fingerprint density at radius 2 is 1.95 bits per heavy atom. The molecule has 1 aromatic heterocycles. The minimum absolute atomic E-state index is 0.201. The molecule has 2 aromatic rings. The van der Waals surface area contributed by atoms with Crippen LogP contribution in [0.25, 0.3) is 10.9 Å². The van der Waals surface area contributed by atoms with Gasteiger partial charge in [-0.1, -0.05) is 44.4 Å². The molecule has 0 aliphatic heterocycles. The molecule has 0 amide bonds. The summed E-state index contributed by atoms with van der Waals surface area (Å²) in [6.45, 7) is 5.22. The summed E-state index contributed by atoms with van der Waals surface area (Å²) in [7, 11) is 0. The zero-order valence-corrected chi connectivity index (χ0v) is 12.8. The Morgan fingerprint density at radius 1 is 1.20 bits per heavy atom. The van der Waals surface area contributed by atoms with Crippen LogP contribution in [0.4, 0.5) is 0 Å². The van der Waals surface area contributed by atoms with E-state index in [2.05, 4.69) is 37.0 Å². The number of rotatable bonds is 3. The summed E-state index contributed by atoms with van der Waals surface area (Å²) in [5, 5.41) is 1.41. The van der Waals surface area contributed by atoms with E-state index in [1.807, 2.05) is 0 Å². The molecule has 1 fully saturated rings. The maximum absolute atomic E-state index is 6.25. The molecule has 3 N–H and O–H groups in total. The van der Waals surface area contributed by atoms with Crippen LogP contribution in [0.15, 0.2) is 18.2 Å². The van der Waals surface area contributed by atoms with E-state index in [0.29, 0.717) is 0 Å². The molecule has 3 rings (SSSR count). The second kappa shape index (κ2) is 5.25. The molecule has 1 aromatic carbocycles. The third kappa shape index (κ3) is 1.98. The highest BCUT2D eigenvalue weighted by Gasteiger charge is 2.36. The van der Waals surface area contributed by atoms with Gasteiger partial charge in [-0.2, -0.15) is 0 Å². The Bertz CT molecular complexity index is 603. The number of fused-ring (bicyclic) bond motifs is 1. The summed E-state index contributed by atoms with van der Waals surface area (Å²) < 4.78 is 0. The van der Waals surface area contributed by atoms with Gasteiger partial charge in [-0.25, -0.2) is 0 Å². The number of aryl methyl sites for hydroxylation is 2. The number of hydrogen-bond acceptors (Lipinski definition) is 1. The van der Waals surface area contributed by atoms with Crippen molar-refractivity contribution in [2.45, 2.75) is 57.8 Å². The number of aromatic nitrogens is 1. The van der Waals surface area contributed by atoms with Crippen LogP contribution in [0.1, 0.15) is 55.8 Å². The average Bonchev–Trinajstić information content (AvgIpc) is 2.84. The number of hydrogen-bond donors (Lipinski definition) is 2. The van der Waals surface area contributed by atoms with E-state index < -0.39 is 0 Å². The predicted molar refractivity (Wildman–Crippen MR) is 86.2 cm³/mol. The molecule has 1 saturated carbocycles. The van der Waals surface area contributed by atoms with Crippen LogP contribution in [-0.2, 0) is 11.8 Å². The van der Waals surface area contributed by atoms with Crippen LogP contribution < -0.4 is 5.73 Å². The smallest absolute Gasteiger partial charge is 0.0491 e. The molecule has 1 aliphatic carbocycles. The van der Waals surface area contributed by atoms with Gasteiger partial charge in [0, 0.05) is 28.6 Å². The lowest BCUT2D eigenvalue weighted by Gasteiger charge is -2.37. The molecule has 108 valence electrons. The van der Waals surface area contributed by atoms with Gasteiger partial charge >= 0.3 is 0 Å². The van der Waals surface area contributed by atoms with Crippen molar-refractivity contribution in [2.75, 3.05) is 6.54 Å². The molecule has 0 radical (unpaired) electrons. The Balaban J connectivity index is 2.22. The Labute approximate surface area is 121 Å².